The Balaban J connectivity index is 2.32. The van der Waals surface area contributed by atoms with Crippen LogP contribution in [0.15, 0.2) is 12.1 Å². The monoisotopic (exact) mass is 179 g/mol. The van der Waals surface area contributed by atoms with Gasteiger partial charge in [0.2, 0.25) is 5.88 Å². The van der Waals surface area contributed by atoms with Crippen LogP contribution in [0.1, 0.15) is 6.42 Å². The molecule has 2 heterocycles. The lowest BCUT2D eigenvalue weighted by Gasteiger charge is -2.08. The molecule has 4 nitrogen and oxygen atoms in total. The van der Waals surface area contributed by atoms with Crippen molar-refractivity contribution in [3.05, 3.63) is 12.1 Å². The maximum Gasteiger partial charge on any atom is 0.215 e. The van der Waals surface area contributed by atoms with Gasteiger partial charge >= 0.3 is 0 Å². The van der Waals surface area contributed by atoms with Gasteiger partial charge in [-0.15, -0.1) is 0 Å². The molecule has 0 unspecified atom stereocenters. The Bertz CT molecular complexity index is 301. The average molecular weight is 179 g/mol. The SMILES string of the molecule is COc1ccc2c(n1)NCCCN2. The van der Waals surface area contributed by atoms with Gasteiger partial charge in [0.25, 0.3) is 0 Å². The zero-order valence-corrected chi connectivity index (χ0v) is 7.63. The maximum atomic E-state index is 5.04. The van der Waals surface area contributed by atoms with E-state index in [1.807, 2.05) is 12.1 Å². The molecule has 0 saturated heterocycles. The summed E-state index contributed by atoms with van der Waals surface area (Å²) in [6.07, 6.45) is 1.11. The molecular weight excluding hydrogens is 166 g/mol. The number of nitrogens with zero attached hydrogens (tertiary/aromatic N) is 1. The highest BCUT2D eigenvalue weighted by atomic mass is 16.5. The van der Waals surface area contributed by atoms with Crippen LogP contribution in [-0.2, 0) is 0 Å². The molecule has 0 spiro atoms. The third-order valence-electron chi connectivity index (χ3n) is 2.04. The van der Waals surface area contributed by atoms with Crippen molar-refractivity contribution in [2.45, 2.75) is 6.42 Å². The second-order valence-electron chi connectivity index (χ2n) is 2.96. The number of pyridine rings is 1. The largest absolute Gasteiger partial charge is 0.481 e. The number of aromatic nitrogens is 1. The van der Waals surface area contributed by atoms with Crippen molar-refractivity contribution in [3.8, 4) is 5.88 Å². The predicted octanol–water partition coefficient (Wildman–Crippen LogP) is 1.32. The summed E-state index contributed by atoms with van der Waals surface area (Å²) < 4.78 is 5.04. The average Bonchev–Trinajstić information content (AvgIpc) is 2.41. The first kappa shape index (κ1) is 8.16. The van der Waals surface area contributed by atoms with Crippen molar-refractivity contribution >= 4 is 11.5 Å². The Morgan fingerprint density at radius 2 is 2.15 bits per heavy atom. The van der Waals surface area contributed by atoms with Crippen LogP contribution in [-0.4, -0.2) is 25.2 Å². The van der Waals surface area contributed by atoms with Crippen molar-refractivity contribution in [2.75, 3.05) is 30.8 Å². The van der Waals surface area contributed by atoms with Crippen molar-refractivity contribution in [2.24, 2.45) is 0 Å². The van der Waals surface area contributed by atoms with Gasteiger partial charge in [-0.2, -0.15) is 4.98 Å². The second kappa shape index (κ2) is 3.51. The molecule has 0 aromatic carbocycles. The fraction of sp³-hybridized carbons (Fsp3) is 0.444. The molecule has 0 aliphatic carbocycles. The molecule has 0 bridgehead atoms. The van der Waals surface area contributed by atoms with E-state index in [4.69, 9.17) is 4.74 Å². The van der Waals surface area contributed by atoms with Crippen LogP contribution in [0.3, 0.4) is 0 Å². The van der Waals surface area contributed by atoms with E-state index in [1.54, 1.807) is 7.11 Å². The van der Waals surface area contributed by atoms with E-state index in [0.29, 0.717) is 5.88 Å². The number of ether oxygens (including phenoxy) is 1. The Morgan fingerprint density at radius 3 is 3.00 bits per heavy atom. The standard InChI is InChI=1S/C9H13N3O/c1-13-8-4-3-7-9(12-8)11-6-2-5-10-7/h3-4,10H,2,5-6H2,1H3,(H,11,12). The maximum absolute atomic E-state index is 5.04. The molecule has 13 heavy (non-hydrogen) atoms. The van der Waals surface area contributed by atoms with E-state index < -0.39 is 0 Å². The lowest BCUT2D eigenvalue weighted by Crippen LogP contribution is -2.01. The Labute approximate surface area is 77.3 Å². The first-order chi connectivity index (χ1) is 6.40. The smallest absolute Gasteiger partial charge is 0.215 e. The van der Waals surface area contributed by atoms with Crippen LogP contribution in [0.2, 0.25) is 0 Å². The van der Waals surface area contributed by atoms with Gasteiger partial charge in [0, 0.05) is 19.2 Å². The summed E-state index contributed by atoms with van der Waals surface area (Å²) in [7, 11) is 1.62. The van der Waals surface area contributed by atoms with Gasteiger partial charge in [-0.25, -0.2) is 0 Å². The summed E-state index contributed by atoms with van der Waals surface area (Å²) in [4.78, 5) is 4.30. The molecule has 0 fully saturated rings. The van der Waals surface area contributed by atoms with Crippen LogP contribution >= 0.6 is 0 Å². The van der Waals surface area contributed by atoms with E-state index in [9.17, 15) is 0 Å². The summed E-state index contributed by atoms with van der Waals surface area (Å²) in [6.45, 7) is 1.95. The zero-order chi connectivity index (χ0) is 9.10. The molecule has 1 aromatic heterocycles. The Kier molecular flexibility index (Phi) is 2.21. The molecule has 1 aromatic rings. The van der Waals surface area contributed by atoms with Gasteiger partial charge in [0.05, 0.1) is 12.8 Å². The number of methoxy groups -OCH3 is 1. The minimum Gasteiger partial charge on any atom is -0.481 e. The molecule has 1 aliphatic heterocycles. The van der Waals surface area contributed by atoms with E-state index in [2.05, 4.69) is 15.6 Å². The van der Waals surface area contributed by atoms with Gasteiger partial charge in [0.1, 0.15) is 0 Å². The van der Waals surface area contributed by atoms with Crippen LogP contribution in [0.4, 0.5) is 11.5 Å². The first-order valence-electron chi connectivity index (χ1n) is 4.43. The minimum atomic E-state index is 0.648. The van der Waals surface area contributed by atoms with Crippen molar-refractivity contribution in [3.63, 3.8) is 0 Å². The highest BCUT2D eigenvalue weighted by Crippen LogP contribution is 2.23. The molecule has 0 saturated carbocycles. The lowest BCUT2D eigenvalue weighted by molar-refractivity contribution is 0.398. The number of nitrogens with one attached hydrogen (secondary N) is 2. The summed E-state index contributed by atoms with van der Waals surface area (Å²) >= 11 is 0. The normalized spacial score (nSPS) is 14.8. The third-order valence-corrected chi connectivity index (χ3v) is 2.04. The Hall–Kier alpha value is -1.45. The fourth-order valence-corrected chi connectivity index (χ4v) is 1.35. The second-order valence-corrected chi connectivity index (χ2v) is 2.96. The number of rotatable bonds is 1. The summed E-state index contributed by atoms with van der Waals surface area (Å²) in [6, 6.07) is 3.85. The number of fused-ring (bicyclic) bond motifs is 1. The molecule has 0 atom stereocenters. The summed E-state index contributed by atoms with van der Waals surface area (Å²) in [5.74, 6) is 1.53. The van der Waals surface area contributed by atoms with Gasteiger partial charge in [0.15, 0.2) is 5.82 Å². The quantitative estimate of drug-likeness (QED) is 0.682. The molecule has 1 aliphatic rings. The molecule has 70 valence electrons. The summed E-state index contributed by atoms with van der Waals surface area (Å²) in [5.41, 5.74) is 1.05. The van der Waals surface area contributed by atoms with Crippen molar-refractivity contribution < 1.29 is 4.74 Å². The minimum absolute atomic E-state index is 0.648. The van der Waals surface area contributed by atoms with Gasteiger partial charge in [-0.1, -0.05) is 0 Å². The molecular formula is C9H13N3O. The Morgan fingerprint density at radius 1 is 1.31 bits per heavy atom. The number of hydrogen-bond donors (Lipinski definition) is 2. The van der Waals surface area contributed by atoms with Crippen LogP contribution < -0.4 is 15.4 Å². The van der Waals surface area contributed by atoms with E-state index >= 15 is 0 Å². The highest BCUT2D eigenvalue weighted by molar-refractivity contribution is 5.65. The number of hydrogen-bond acceptors (Lipinski definition) is 4. The van der Waals surface area contributed by atoms with E-state index in [1.165, 1.54) is 0 Å². The third kappa shape index (κ3) is 1.66. The predicted molar refractivity (Wildman–Crippen MR) is 52.4 cm³/mol. The first-order valence-corrected chi connectivity index (χ1v) is 4.43. The number of anilines is 2. The van der Waals surface area contributed by atoms with Crippen LogP contribution in [0.25, 0.3) is 0 Å². The van der Waals surface area contributed by atoms with E-state index in [-0.39, 0.29) is 0 Å². The topological polar surface area (TPSA) is 46.2 Å². The molecule has 2 rings (SSSR count). The molecule has 2 N–H and O–H groups in total. The van der Waals surface area contributed by atoms with Gasteiger partial charge in [-0.05, 0) is 12.5 Å². The molecule has 4 heteroatoms. The molecule has 0 radical (unpaired) electrons. The van der Waals surface area contributed by atoms with Crippen LogP contribution in [0, 0.1) is 0 Å². The van der Waals surface area contributed by atoms with Crippen molar-refractivity contribution in [1.82, 2.24) is 4.98 Å². The zero-order valence-electron chi connectivity index (χ0n) is 7.63. The highest BCUT2D eigenvalue weighted by Gasteiger charge is 2.08. The van der Waals surface area contributed by atoms with E-state index in [0.717, 1.165) is 31.0 Å². The lowest BCUT2D eigenvalue weighted by atomic mass is 10.4. The fourth-order valence-electron chi connectivity index (χ4n) is 1.35. The van der Waals surface area contributed by atoms with Gasteiger partial charge < -0.3 is 15.4 Å². The van der Waals surface area contributed by atoms with Gasteiger partial charge in [-0.3, -0.25) is 0 Å². The van der Waals surface area contributed by atoms with Crippen LogP contribution in [0.5, 0.6) is 5.88 Å². The summed E-state index contributed by atoms with van der Waals surface area (Å²) in [5, 5.41) is 6.54. The van der Waals surface area contributed by atoms with Crippen molar-refractivity contribution in [1.29, 1.82) is 0 Å². The molecule has 0 amide bonds.